The quantitative estimate of drug-likeness (QED) is 0.755. The molecule has 0 radical (unpaired) electrons. The van der Waals surface area contributed by atoms with E-state index in [1.807, 2.05) is 11.8 Å². The molecule has 0 amide bonds. The third kappa shape index (κ3) is 3.88. The molecule has 128 valence electrons. The lowest BCUT2D eigenvalue weighted by Crippen LogP contribution is -2.33. The fraction of sp³-hybridized carbons (Fsp3) is 0.333. The van der Waals surface area contributed by atoms with Gasteiger partial charge >= 0.3 is 5.97 Å². The van der Waals surface area contributed by atoms with Crippen molar-refractivity contribution in [2.45, 2.75) is 49.2 Å². The first-order valence-corrected chi connectivity index (χ1v) is 9.03. The predicted molar refractivity (Wildman–Crippen MR) is 101 cm³/mol. The second-order valence-corrected chi connectivity index (χ2v) is 9.37. The van der Waals surface area contributed by atoms with Gasteiger partial charge in [-0.15, -0.1) is 11.8 Å². The topological polar surface area (TPSA) is 50.2 Å². The van der Waals surface area contributed by atoms with E-state index in [9.17, 15) is 4.79 Å². The summed E-state index contributed by atoms with van der Waals surface area (Å²) in [7, 11) is 0. The molecular weight excluding hydrogens is 330 g/mol. The van der Waals surface area contributed by atoms with E-state index in [0.29, 0.717) is 5.69 Å². The highest BCUT2D eigenvalue weighted by Crippen LogP contribution is 2.50. The average Bonchev–Trinajstić information content (AvgIpc) is 2.51. The summed E-state index contributed by atoms with van der Waals surface area (Å²) in [6, 6.07) is 9.55. The number of thioether (sulfide) groups is 1. The summed E-state index contributed by atoms with van der Waals surface area (Å²) >= 11 is 1.91. The molecule has 0 bridgehead atoms. The standard InChI is InChI=1S/C21H21NO2S/c1-20(2)13-21(3,4)25-18-11-14(6-10-17(18)20)5-8-16-9-7-15(12-22-16)19(23)24/h6-7,9-12H,13H2,1-4H3,(H,23,24). The molecule has 0 saturated carbocycles. The van der Waals surface area contributed by atoms with E-state index in [4.69, 9.17) is 5.11 Å². The first-order valence-electron chi connectivity index (χ1n) is 8.21. The van der Waals surface area contributed by atoms with Crippen molar-refractivity contribution in [1.82, 2.24) is 4.98 Å². The van der Waals surface area contributed by atoms with Crippen molar-refractivity contribution >= 4 is 17.7 Å². The lowest BCUT2D eigenvalue weighted by molar-refractivity contribution is 0.0696. The SMILES string of the molecule is CC1(C)CC(C)(C)c2ccc(C#Cc3ccc(C(=O)O)cn3)cc2S1. The molecule has 1 aromatic carbocycles. The molecule has 0 atom stereocenters. The van der Waals surface area contributed by atoms with Gasteiger partial charge in [-0.25, -0.2) is 9.78 Å². The van der Waals surface area contributed by atoms with E-state index in [1.165, 1.54) is 22.7 Å². The Hall–Kier alpha value is -2.25. The molecule has 25 heavy (non-hydrogen) atoms. The molecule has 0 saturated heterocycles. The second-order valence-electron chi connectivity index (χ2n) is 7.62. The van der Waals surface area contributed by atoms with E-state index >= 15 is 0 Å². The molecule has 0 aliphatic carbocycles. The number of carbonyl (C=O) groups is 1. The van der Waals surface area contributed by atoms with Crippen LogP contribution in [-0.4, -0.2) is 20.8 Å². The van der Waals surface area contributed by atoms with E-state index in [-0.39, 0.29) is 15.7 Å². The Morgan fingerprint density at radius 2 is 1.92 bits per heavy atom. The zero-order chi connectivity index (χ0) is 18.2. The number of hydrogen-bond donors (Lipinski definition) is 1. The third-order valence-corrected chi connectivity index (χ3v) is 5.56. The van der Waals surface area contributed by atoms with Crippen molar-refractivity contribution in [2.75, 3.05) is 0 Å². The predicted octanol–water partition coefficient (Wildman–Crippen LogP) is 4.73. The third-order valence-electron chi connectivity index (χ3n) is 4.31. The normalized spacial score (nSPS) is 17.1. The van der Waals surface area contributed by atoms with Crippen LogP contribution in [0.25, 0.3) is 0 Å². The molecule has 4 heteroatoms. The van der Waals surface area contributed by atoms with Crippen LogP contribution in [0.4, 0.5) is 0 Å². The maximum Gasteiger partial charge on any atom is 0.337 e. The van der Waals surface area contributed by atoms with E-state index < -0.39 is 5.97 Å². The average molecular weight is 351 g/mol. The van der Waals surface area contributed by atoms with E-state index in [2.05, 4.69) is 62.7 Å². The van der Waals surface area contributed by atoms with E-state index in [1.54, 1.807) is 6.07 Å². The van der Waals surface area contributed by atoms with Crippen LogP contribution in [0.5, 0.6) is 0 Å². The number of benzene rings is 1. The summed E-state index contributed by atoms with van der Waals surface area (Å²) in [6.07, 6.45) is 2.47. The van der Waals surface area contributed by atoms with Crippen LogP contribution >= 0.6 is 11.8 Å². The van der Waals surface area contributed by atoms with Crippen LogP contribution in [-0.2, 0) is 5.41 Å². The molecule has 2 heterocycles. The van der Waals surface area contributed by atoms with Crippen LogP contribution < -0.4 is 0 Å². The van der Waals surface area contributed by atoms with Crippen LogP contribution in [0, 0.1) is 11.8 Å². The summed E-state index contributed by atoms with van der Waals surface area (Å²) in [4.78, 5) is 16.2. The van der Waals surface area contributed by atoms with Gasteiger partial charge in [-0.3, -0.25) is 0 Å². The summed E-state index contributed by atoms with van der Waals surface area (Å²) in [5.74, 6) is 5.17. The summed E-state index contributed by atoms with van der Waals surface area (Å²) in [5, 5.41) is 8.90. The van der Waals surface area contributed by atoms with Crippen LogP contribution in [0.3, 0.4) is 0 Å². The smallest absolute Gasteiger partial charge is 0.337 e. The molecule has 0 fully saturated rings. The Morgan fingerprint density at radius 1 is 1.16 bits per heavy atom. The molecule has 1 N–H and O–H groups in total. The minimum atomic E-state index is -0.982. The van der Waals surface area contributed by atoms with Gasteiger partial charge in [0.15, 0.2) is 0 Å². The molecule has 0 unspecified atom stereocenters. The van der Waals surface area contributed by atoms with Crippen molar-refractivity contribution < 1.29 is 9.90 Å². The number of aromatic carboxylic acids is 1. The number of aromatic nitrogens is 1. The Morgan fingerprint density at radius 3 is 2.56 bits per heavy atom. The van der Waals surface area contributed by atoms with Gasteiger partial charge in [-0.1, -0.05) is 39.7 Å². The first-order chi connectivity index (χ1) is 11.7. The van der Waals surface area contributed by atoms with Crippen molar-refractivity contribution in [3.63, 3.8) is 0 Å². The van der Waals surface area contributed by atoms with Crippen LogP contribution in [0.15, 0.2) is 41.4 Å². The van der Waals surface area contributed by atoms with Gasteiger partial charge in [-0.2, -0.15) is 0 Å². The Balaban J connectivity index is 1.90. The van der Waals surface area contributed by atoms with Gasteiger partial charge < -0.3 is 5.11 Å². The van der Waals surface area contributed by atoms with Gasteiger partial charge in [0, 0.05) is 21.4 Å². The number of pyridine rings is 1. The highest BCUT2D eigenvalue weighted by atomic mass is 32.2. The molecule has 2 aromatic rings. The highest BCUT2D eigenvalue weighted by Gasteiger charge is 2.37. The van der Waals surface area contributed by atoms with Crippen molar-refractivity contribution in [1.29, 1.82) is 0 Å². The van der Waals surface area contributed by atoms with E-state index in [0.717, 1.165) is 12.0 Å². The molecular formula is C21H21NO2S. The number of hydrogen-bond acceptors (Lipinski definition) is 3. The Labute approximate surface area is 152 Å². The molecule has 3 nitrogen and oxygen atoms in total. The second kappa shape index (κ2) is 6.24. The zero-order valence-electron chi connectivity index (χ0n) is 14.9. The molecule has 1 aliphatic rings. The Bertz CT molecular complexity index is 886. The van der Waals surface area contributed by atoms with Gasteiger partial charge in [0.2, 0.25) is 0 Å². The monoisotopic (exact) mass is 351 g/mol. The number of nitrogens with zero attached hydrogens (tertiary/aromatic N) is 1. The number of fused-ring (bicyclic) bond motifs is 1. The summed E-state index contributed by atoms with van der Waals surface area (Å²) in [5.41, 5.74) is 3.22. The summed E-state index contributed by atoms with van der Waals surface area (Å²) < 4.78 is 0.205. The molecule has 3 rings (SSSR count). The number of carboxylic acids is 1. The van der Waals surface area contributed by atoms with Gasteiger partial charge in [0.25, 0.3) is 0 Å². The first kappa shape index (κ1) is 17.6. The highest BCUT2D eigenvalue weighted by molar-refractivity contribution is 8.00. The van der Waals surface area contributed by atoms with Gasteiger partial charge in [0.05, 0.1) is 5.56 Å². The zero-order valence-corrected chi connectivity index (χ0v) is 15.7. The maximum absolute atomic E-state index is 10.9. The minimum absolute atomic E-state index is 0.157. The molecule has 0 spiro atoms. The lowest BCUT2D eigenvalue weighted by atomic mass is 9.77. The van der Waals surface area contributed by atoms with Crippen molar-refractivity contribution in [3.05, 3.63) is 58.9 Å². The maximum atomic E-state index is 10.9. The minimum Gasteiger partial charge on any atom is -0.478 e. The largest absolute Gasteiger partial charge is 0.478 e. The summed E-state index contributed by atoms with van der Waals surface area (Å²) in [6.45, 7) is 9.17. The van der Waals surface area contributed by atoms with Crippen LogP contribution in [0.1, 0.15) is 61.3 Å². The fourth-order valence-electron chi connectivity index (χ4n) is 3.47. The van der Waals surface area contributed by atoms with Crippen LogP contribution in [0.2, 0.25) is 0 Å². The van der Waals surface area contributed by atoms with Crippen molar-refractivity contribution in [3.8, 4) is 11.8 Å². The number of carboxylic acid groups (broad SMARTS) is 1. The fourth-order valence-corrected chi connectivity index (χ4v) is 5.14. The van der Waals surface area contributed by atoms with Gasteiger partial charge in [-0.05, 0) is 47.6 Å². The molecule has 1 aliphatic heterocycles. The van der Waals surface area contributed by atoms with Gasteiger partial charge in [0.1, 0.15) is 5.69 Å². The Kier molecular flexibility index (Phi) is 4.38. The lowest BCUT2D eigenvalue weighted by Gasteiger charge is -2.41. The number of rotatable bonds is 1. The van der Waals surface area contributed by atoms with Crippen molar-refractivity contribution in [2.24, 2.45) is 0 Å². The molecule has 1 aromatic heterocycles.